The van der Waals surface area contributed by atoms with Gasteiger partial charge in [0.25, 0.3) is 5.95 Å². The topological polar surface area (TPSA) is 94.8 Å². The molecule has 4 aromatic rings. The molecule has 9 heteroatoms. The van der Waals surface area contributed by atoms with E-state index in [1.165, 1.54) is 0 Å². The molecule has 0 saturated heterocycles. The summed E-state index contributed by atoms with van der Waals surface area (Å²) in [5.41, 5.74) is 4.29. The number of hydrogen-bond acceptors (Lipinski definition) is 6. The van der Waals surface area contributed by atoms with Crippen LogP contribution in [-0.4, -0.2) is 38.0 Å². The van der Waals surface area contributed by atoms with Crippen LogP contribution < -0.4 is 10.1 Å². The first-order valence-electron chi connectivity index (χ1n) is 10.0. The Hall–Kier alpha value is -3.59. The molecule has 2 aromatic heterocycles. The average molecular weight is 491 g/mol. The molecular weight excluding hydrogens is 472 g/mol. The van der Waals surface area contributed by atoms with E-state index < -0.39 is 0 Å². The second-order valence-corrected chi connectivity index (χ2v) is 8.41. The Balaban J connectivity index is 1.60. The van der Waals surface area contributed by atoms with Crippen molar-refractivity contribution in [2.75, 3.05) is 12.4 Å². The first-order chi connectivity index (χ1) is 15.5. The second-order valence-electron chi connectivity index (χ2n) is 7.49. The Bertz CT molecular complexity index is 1320. The van der Waals surface area contributed by atoms with Gasteiger partial charge in [0, 0.05) is 27.9 Å². The molecule has 0 unspecified atom stereocenters. The Morgan fingerprint density at radius 2 is 2.00 bits per heavy atom. The summed E-state index contributed by atoms with van der Waals surface area (Å²) >= 11 is 3.47. The Labute approximate surface area is 192 Å². The molecule has 0 aliphatic carbocycles. The highest BCUT2D eigenvalue weighted by Gasteiger charge is 2.33. The molecule has 3 heterocycles. The Morgan fingerprint density at radius 1 is 1.19 bits per heavy atom. The molecule has 8 nitrogen and oxygen atoms in total. The van der Waals surface area contributed by atoms with Gasteiger partial charge in [-0.15, -0.1) is 5.10 Å². The minimum atomic E-state index is -0.102. The molecule has 1 amide bonds. The van der Waals surface area contributed by atoms with E-state index in [1.54, 1.807) is 18.0 Å². The quantitative estimate of drug-likeness (QED) is 0.458. The van der Waals surface area contributed by atoms with Gasteiger partial charge in [-0.3, -0.25) is 4.79 Å². The van der Waals surface area contributed by atoms with Gasteiger partial charge in [-0.05, 0) is 36.8 Å². The minimum Gasteiger partial charge on any atom is -0.497 e. The molecule has 0 fully saturated rings. The summed E-state index contributed by atoms with van der Waals surface area (Å²) in [5.74, 6) is 1.40. The third-order valence-corrected chi connectivity index (χ3v) is 6.01. The van der Waals surface area contributed by atoms with Gasteiger partial charge in [-0.25, -0.2) is 4.98 Å². The number of methoxy groups -OCH3 is 1. The molecule has 2 aromatic carbocycles. The van der Waals surface area contributed by atoms with E-state index in [9.17, 15) is 4.79 Å². The zero-order chi connectivity index (χ0) is 22.2. The normalized spacial score (nSPS) is 15.2. The van der Waals surface area contributed by atoms with Gasteiger partial charge < -0.3 is 10.1 Å². The smallest absolute Gasteiger partial charge is 0.272 e. The van der Waals surface area contributed by atoms with E-state index >= 15 is 0 Å². The lowest BCUT2D eigenvalue weighted by molar-refractivity contribution is -0.116. The standard InChI is InChI=1S/C23H19BrN6O2/c1-13-21-18(14-6-8-16(24)9-7-14)11-20(31)27-22(21)30(29-13)23-26-19(12-25-28-23)15-4-3-5-17(10-15)32-2/h3-10,12,18H,11H2,1-2H3,(H,27,31)/t18-/m1/s1. The molecule has 1 N–H and O–H groups in total. The Morgan fingerprint density at radius 3 is 2.78 bits per heavy atom. The number of carbonyl (C=O) groups is 1. The van der Waals surface area contributed by atoms with Crippen LogP contribution in [0.3, 0.4) is 0 Å². The van der Waals surface area contributed by atoms with E-state index in [2.05, 4.69) is 41.5 Å². The fraction of sp³-hybridized carbons (Fsp3) is 0.174. The summed E-state index contributed by atoms with van der Waals surface area (Å²) in [6, 6.07) is 15.6. The van der Waals surface area contributed by atoms with Crippen molar-refractivity contribution in [1.29, 1.82) is 0 Å². The monoisotopic (exact) mass is 490 g/mol. The lowest BCUT2D eigenvalue weighted by Crippen LogP contribution is -2.25. The molecule has 0 radical (unpaired) electrons. The molecule has 1 atom stereocenters. The number of benzene rings is 2. The van der Waals surface area contributed by atoms with Gasteiger partial charge >= 0.3 is 0 Å². The van der Waals surface area contributed by atoms with Gasteiger partial charge in [0.15, 0.2) is 0 Å². The molecule has 5 rings (SSSR count). The van der Waals surface area contributed by atoms with E-state index in [0.29, 0.717) is 17.9 Å². The van der Waals surface area contributed by atoms with E-state index in [0.717, 1.165) is 32.6 Å². The first-order valence-corrected chi connectivity index (χ1v) is 10.8. The third kappa shape index (κ3) is 3.64. The minimum absolute atomic E-state index is 0.0801. The van der Waals surface area contributed by atoms with Crippen molar-refractivity contribution in [3.8, 4) is 23.0 Å². The number of anilines is 1. The number of carbonyl (C=O) groups excluding carboxylic acids is 1. The number of halogens is 1. The van der Waals surface area contributed by atoms with Crippen molar-refractivity contribution in [1.82, 2.24) is 25.0 Å². The molecule has 0 bridgehead atoms. The fourth-order valence-corrected chi connectivity index (χ4v) is 4.24. The number of fused-ring (bicyclic) bond motifs is 1. The molecule has 1 aliphatic heterocycles. The number of aryl methyl sites for hydroxylation is 1. The van der Waals surface area contributed by atoms with Crippen LogP contribution in [0.5, 0.6) is 5.75 Å². The number of nitrogens with one attached hydrogen (secondary N) is 1. The predicted molar refractivity (Wildman–Crippen MR) is 123 cm³/mol. The van der Waals surface area contributed by atoms with Crippen LogP contribution in [0.25, 0.3) is 17.2 Å². The molecule has 1 aliphatic rings. The largest absolute Gasteiger partial charge is 0.497 e. The molecule has 0 spiro atoms. The van der Waals surface area contributed by atoms with Gasteiger partial charge in [0.1, 0.15) is 11.6 Å². The van der Waals surface area contributed by atoms with E-state index in [4.69, 9.17) is 4.74 Å². The van der Waals surface area contributed by atoms with E-state index in [1.807, 2.05) is 55.5 Å². The van der Waals surface area contributed by atoms with Crippen molar-refractivity contribution in [3.63, 3.8) is 0 Å². The third-order valence-electron chi connectivity index (χ3n) is 5.48. The average Bonchev–Trinajstić information content (AvgIpc) is 3.15. The molecular formula is C23H19BrN6O2. The molecule has 32 heavy (non-hydrogen) atoms. The molecule has 0 saturated carbocycles. The van der Waals surface area contributed by atoms with E-state index in [-0.39, 0.29) is 17.8 Å². The number of hydrogen-bond donors (Lipinski definition) is 1. The highest BCUT2D eigenvalue weighted by molar-refractivity contribution is 9.10. The highest BCUT2D eigenvalue weighted by atomic mass is 79.9. The summed E-state index contributed by atoms with van der Waals surface area (Å²) in [6.45, 7) is 1.93. The summed E-state index contributed by atoms with van der Waals surface area (Å²) in [6.07, 6.45) is 1.94. The number of aromatic nitrogens is 5. The maximum Gasteiger partial charge on any atom is 0.272 e. The predicted octanol–water partition coefficient (Wildman–Crippen LogP) is 4.28. The SMILES string of the molecule is COc1cccc(-c2cnnc(-n3nc(C)c4c3NC(=O)C[C@@H]4c3ccc(Br)cc3)n2)c1. The van der Waals surface area contributed by atoms with Gasteiger partial charge in [0.2, 0.25) is 5.91 Å². The van der Waals surface area contributed by atoms with Crippen molar-refractivity contribution in [2.45, 2.75) is 19.3 Å². The zero-order valence-corrected chi connectivity index (χ0v) is 19.0. The van der Waals surface area contributed by atoms with Gasteiger partial charge in [0.05, 0.1) is 24.7 Å². The number of rotatable bonds is 4. The maximum atomic E-state index is 12.6. The van der Waals surface area contributed by atoms with Crippen molar-refractivity contribution in [2.24, 2.45) is 0 Å². The zero-order valence-electron chi connectivity index (χ0n) is 17.4. The Kier molecular flexibility index (Phi) is 5.18. The van der Waals surface area contributed by atoms with Crippen LogP contribution in [0.2, 0.25) is 0 Å². The number of ether oxygens (including phenoxy) is 1. The summed E-state index contributed by atoms with van der Waals surface area (Å²) in [4.78, 5) is 17.3. The number of amides is 1. The molecule has 160 valence electrons. The van der Waals surface area contributed by atoms with Crippen molar-refractivity contribution in [3.05, 3.63) is 76.0 Å². The van der Waals surface area contributed by atoms with Crippen LogP contribution >= 0.6 is 15.9 Å². The van der Waals surface area contributed by atoms with Crippen LogP contribution in [0.15, 0.2) is 59.2 Å². The van der Waals surface area contributed by atoms with Crippen molar-refractivity contribution < 1.29 is 9.53 Å². The highest BCUT2D eigenvalue weighted by Crippen LogP contribution is 2.40. The van der Waals surface area contributed by atoms with Crippen LogP contribution in [0.4, 0.5) is 5.82 Å². The second kappa shape index (κ2) is 8.16. The lowest BCUT2D eigenvalue weighted by Gasteiger charge is -2.24. The maximum absolute atomic E-state index is 12.6. The van der Waals surface area contributed by atoms with Gasteiger partial charge in [-0.2, -0.15) is 14.9 Å². The fourth-order valence-electron chi connectivity index (χ4n) is 3.98. The summed E-state index contributed by atoms with van der Waals surface area (Å²) in [7, 11) is 1.62. The number of nitrogens with zero attached hydrogens (tertiary/aromatic N) is 5. The van der Waals surface area contributed by atoms with Crippen molar-refractivity contribution >= 4 is 27.7 Å². The van der Waals surface area contributed by atoms with Crippen LogP contribution in [0.1, 0.15) is 29.2 Å². The summed E-state index contributed by atoms with van der Waals surface area (Å²) in [5, 5.41) is 15.9. The lowest BCUT2D eigenvalue weighted by atomic mass is 9.86. The summed E-state index contributed by atoms with van der Waals surface area (Å²) < 4.78 is 7.86. The first kappa shape index (κ1) is 20.3. The van der Waals surface area contributed by atoms with Crippen LogP contribution in [-0.2, 0) is 4.79 Å². The van der Waals surface area contributed by atoms with Gasteiger partial charge in [-0.1, -0.05) is 40.2 Å². The van der Waals surface area contributed by atoms with Crippen LogP contribution in [0, 0.1) is 6.92 Å².